The summed E-state index contributed by atoms with van der Waals surface area (Å²) in [7, 11) is -3.76. The summed E-state index contributed by atoms with van der Waals surface area (Å²) in [6.07, 6.45) is 3.33. The van der Waals surface area contributed by atoms with Crippen molar-refractivity contribution in [3.8, 4) is 0 Å². The van der Waals surface area contributed by atoms with Crippen LogP contribution in [0.3, 0.4) is 0 Å². The van der Waals surface area contributed by atoms with Crippen molar-refractivity contribution < 1.29 is 17.3 Å². The quantitative estimate of drug-likeness (QED) is 0.844. The molecule has 130 valence electrons. The summed E-state index contributed by atoms with van der Waals surface area (Å²) in [4.78, 5) is 0.130. The highest BCUT2D eigenvalue weighted by atomic mass is 32.2. The molecule has 5 nitrogen and oxygen atoms in total. The first-order valence-corrected chi connectivity index (χ1v) is 9.55. The second-order valence-corrected chi connectivity index (χ2v) is 8.02. The molecule has 1 atom stereocenters. The smallest absolute Gasteiger partial charge is 0.249 e. The molecule has 2 aromatic rings. The summed E-state index contributed by atoms with van der Waals surface area (Å²) in [6.45, 7) is 3.63. The molecule has 3 rings (SSSR count). The predicted molar refractivity (Wildman–Crippen MR) is 87.5 cm³/mol. The minimum atomic E-state index is -3.76. The van der Waals surface area contributed by atoms with E-state index in [1.165, 1.54) is 16.4 Å². The Morgan fingerprint density at radius 2 is 2.04 bits per heavy atom. The molecule has 0 aliphatic carbocycles. The summed E-state index contributed by atoms with van der Waals surface area (Å²) in [5.74, 6) is -0.0684. The number of hydrogen-bond donors (Lipinski definition) is 0. The van der Waals surface area contributed by atoms with Crippen LogP contribution in [0.1, 0.15) is 48.7 Å². The third kappa shape index (κ3) is 3.10. The highest BCUT2D eigenvalue weighted by molar-refractivity contribution is 7.89. The van der Waals surface area contributed by atoms with Gasteiger partial charge < -0.3 is 4.52 Å². The molecule has 0 bridgehead atoms. The van der Waals surface area contributed by atoms with E-state index in [1.54, 1.807) is 26.0 Å². The summed E-state index contributed by atoms with van der Waals surface area (Å²) in [5.41, 5.74) is 1.04. The van der Waals surface area contributed by atoms with Gasteiger partial charge in [-0.15, -0.1) is 0 Å². The van der Waals surface area contributed by atoms with Crippen molar-refractivity contribution in [2.24, 2.45) is 0 Å². The topological polar surface area (TPSA) is 63.4 Å². The number of aromatic nitrogens is 1. The highest BCUT2D eigenvalue weighted by Crippen LogP contribution is 2.36. The molecule has 0 spiro atoms. The van der Waals surface area contributed by atoms with Crippen molar-refractivity contribution >= 4 is 10.0 Å². The third-order valence-electron chi connectivity index (χ3n) is 4.47. The molecule has 0 N–H and O–H groups in total. The molecule has 1 saturated heterocycles. The van der Waals surface area contributed by atoms with Crippen LogP contribution >= 0.6 is 0 Å². The van der Waals surface area contributed by atoms with Crippen LogP contribution in [0.2, 0.25) is 0 Å². The maximum Gasteiger partial charge on any atom is 0.249 e. The Morgan fingerprint density at radius 1 is 1.25 bits per heavy atom. The van der Waals surface area contributed by atoms with Gasteiger partial charge in [-0.05, 0) is 44.4 Å². The zero-order valence-electron chi connectivity index (χ0n) is 13.8. The molecular formula is C17H21FN2O3S. The zero-order chi connectivity index (χ0) is 17.3. The van der Waals surface area contributed by atoms with Crippen LogP contribution < -0.4 is 0 Å². The van der Waals surface area contributed by atoms with Crippen LogP contribution in [0.5, 0.6) is 0 Å². The Labute approximate surface area is 141 Å². The molecule has 24 heavy (non-hydrogen) atoms. The van der Waals surface area contributed by atoms with E-state index in [-0.39, 0.29) is 22.5 Å². The minimum absolute atomic E-state index is 0.130. The maximum atomic E-state index is 13.7. The minimum Gasteiger partial charge on any atom is -0.360 e. The number of halogens is 1. The van der Waals surface area contributed by atoms with Crippen molar-refractivity contribution in [1.82, 2.24) is 9.46 Å². The molecule has 1 aliphatic rings. The second kappa shape index (κ2) is 6.64. The summed E-state index contributed by atoms with van der Waals surface area (Å²) in [6, 6.07) is 5.83. The molecular weight excluding hydrogens is 331 g/mol. The fraction of sp³-hybridized carbons (Fsp3) is 0.471. The van der Waals surface area contributed by atoms with E-state index < -0.39 is 10.0 Å². The van der Waals surface area contributed by atoms with E-state index in [1.807, 2.05) is 0 Å². The first-order chi connectivity index (χ1) is 11.4. The van der Waals surface area contributed by atoms with E-state index in [2.05, 4.69) is 5.16 Å². The van der Waals surface area contributed by atoms with Gasteiger partial charge in [0.1, 0.15) is 16.4 Å². The lowest BCUT2D eigenvalue weighted by Crippen LogP contribution is -2.35. The van der Waals surface area contributed by atoms with Crippen LogP contribution in [-0.2, 0) is 10.0 Å². The van der Waals surface area contributed by atoms with Gasteiger partial charge in [0.15, 0.2) is 5.76 Å². The molecule has 0 amide bonds. The van der Waals surface area contributed by atoms with Gasteiger partial charge >= 0.3 is 0 Å². The van der Waals surface area contributed by atoms with E-state index >= 15 is 0 Å². The lowest BCUT2D eigenvalue weighted by Gasteiger charge is -2.29. The van der Waals surface area contributed by atoms with Gasteiger partial charge in [0.25, 0.3) is 0 Å². The highest BCUT2D eigenvalue weighted by Gasteiger charge is 2.37. The van der Waals surface area contributed by atoms with Crippen molar-refractivity contribution in [3.05, 3.63) is 47.1 Å². The Hall–Kier alpha value is -1.73. The van der Waals surface area contributed by atoms with Gasteiger partial charge in [-0.2, -0.15) is 4.31 Å². The van der Waals surface area contributed by atoms with E-state index in [0.29, 0.717) is 24.2 Å². The van der Waals surface area contributed by atoms with Gasteiger partial charge in [0, 0.05) is 6.54 Å². The Bertz CT molecular complexity index is 813. The fourth-order valence-electron chi connectivity index (χ4n) is 3.38. The SMILES string of the molecule is Cc1noc(C)c1S(=O)(=O)N1CCCCC[C@H]1c1cccc(F)c1. The third-order valence-corrected chi connectivity index (χ3v) is 6.62. The predicted octanol–water partition coefficient (Wildman–Crippen LogP) is 3.74. The summed E-state index contributed by atoms with van der Waals surface area (Å²) in [5, 5.41) is 3.77. The first-order valence-electron chi connectivity index (χ1n) is 8.11. The summed E-state index contributed by atoms with van der Waals surface area (Å²) < 4.78 is 46.7. The Kier molecular flexibility index (Phi) is 4.73. The number of nitrogens with zero attached hydrogens (tertiary/aromatic N) is 2. The van der Waals surface area contributed by atoms with Crippen molar-refractivity contribution in [1.29, 1.82) is 0 Å². The lowest BCUT2D eigenvalue weighted by atomic mass is 10.0. The van der Waals surface area contributed by atoms with E-state index in [4.69, 9.17) is 4.52 Å². The Morgan fingerprint density at radius 3 is 2.71 bits per heavy atom. The number of rotatable bonds is 3. The molecule has 1 aromatic heterocycles. The van der Waals surface area contributed by atoms with Gasteiger partial charge in [-0.1, -0.05) is 30.1 Å². The largest absolute Gasteiger partial charge is 0.360 e. The van der Waals surface area contributed by atoms with Gasteiger partial charge in [0.05, 0.1) is 6.04 Å². The first kappa shape index (κ1) is 17.1. The molecule has 1 aromatic carbocycles. The fourth-order valence-corrected chi connectivity index (χ4v) is 5.35. The average molecular weight is 352 g/mol. The van der Waals surface area contributed by atoms with Crippen molar-refractivity contribution in [2.75, 3.05) is 6.54 Å². The molecule has 0 unspecified atom stereocenters. The average Bonchev–Trinajstić information content (AvgIpc) is 2.75. The maximum absolute atomic E-state index is 13.7. The molecule has 1 fully saturated rings. The summed E-state index contributed by atoms with van der Waals surface area (Å²) >= 11 is 0. The van der Waals surface area contributed by atoms with Gasteiger partial charge in [0.2, 0.25) is 10.0 Å². The Balaban J connectivity index is 2.08. The van der Waals surface area contributed by atoms with Crippen molar-refractivity contribution in [3.63, 3.8) is 0 Å². The number of sulfonamides is 1. The van der Waals surface area contributed by atoms with Crippen LogP contribution in [0, 0.1) is 19.7 Å². The van der Waals surface area contributed by atoms with Gasteiger partial charge in [-0.3, -0.25) is 0 Å². The monoisotopic (exact) mass is 352 g/mol. The van der Waals surface area contributed by atoms with Crippen molar-refractivity contribution in [2.45, 2.75) is 50.5 Å². The normalized spacial score (nSPS) is 20.0. The van der Waals surface area contributed by atoms with E-state index in [9.17, 15) is 12.8 Å². The molecule has 7 heteroatoms. The van der Waals surface area contributed by atoms with E-state index in [0.717, 1.165) is 19.3 Å². The lowest BCUT2D eigenvalue weighted by molar-refractivity contribution is 0.327. The molecule has 2 heterocycles. The molecule has 0 saturated carbocycles. The zero-order valence-corrected chi connectivity index (χ0v) is 14.6. The number of benzene rings is 1. The second-order valence-electron chi connectivity index (χ2n) is 6.19. The van der Waals surface area contributed by atoms with Gasteiger partial charge in [-0.25, -0.2) is 12.8 Å². The van der Waals surface area contributed by atoms with Crippen LogP contribution in [0.15, 0.2) is 33.7 Å². The molecule has 1 aliphatic heterocycles. The standard InChI is InChI=1S/C17H21FN2O3S/c1-12-17(13(2)23-19-12)24(21,22)20-10-5-3-4-9-16(20)14-7-6-8-15(18)11-14/h6-8,11,16H,3-5,9-10H2,1-2H3/t16-/m0/s1. The van der Waals surface area contributed by atoms with Crippen LogP contribution in [0.25, 0.3) is 0 Å². The number of hydrogen-bond acceptors (Lipinski definition) is 4. The number of aryl methyl sites for hydroxylation is 2. The molecule has 0 radical (unpaired) electrons. The van der Waals surface area contributed by atoms with Crippen LogP contribution in [-0.4, -0.2) is 24.4 Å². The van der Waals surface area contributed by atoms with Crippen LogP contribution in [0.4, 0.5) is 4.39 Å².